The molecule has 0 aromatic heterocycles. The number of nitrogens with zero attached hydrogens (tertiary/aromatic N) is 1. The third-order valence-corrected chi connectivity index (χ3v) is 10.2. The van der Waals surface area contributed by atoms with E-state index in [0.29, 0.717) is 6.42 Å². The Bertz CT molecular complexity index is 1540. The zero-order valence-electron chi connectivity index (χ0n) is 37.6. The van der Waals surface area contributed by atoms with Crippen LogP contribution in [0.1, 0.15) is 107 Å². The van der Waals surface area contributed by atoms with Crippen molar-refractivity contribution in [2.45, 2.75) is 141 Å². The fourth-order valence-corrected chi connectivity index (χ4v) is 6.20. The monoisotopic (exact) mass is 1000 g/mol. The number of carboxylic acids is 2. The van der Waals surface area contributed by atoms with E-state index in [0.717, 1.165) is 0 Å². The molecule has 0 aliphatic carbocycles. The number of alkyl halides is 3. The molecule has 0 spiro atoms. The van der Waals surface area contributed by atoms with E-state index in [-0.39, 0.29) is 101 Å². The largest absolute Gasteiger partial charge is 0.481 e. The Hall–Kier alpha value is -3.79. The van der Waals surface area contributed by atoms with Crippen LogP contribution in [0.4, 0.5) is 0 Å². The highest BCUT2D eigenvalue weighted by molar-refractivity contribution is 9.09. The van der Waals surface area contributed by atoms with Crippen LogP contribution in [-0.4, -0.2) is 159 Å². The van der Waals surface area contributed by atoms with Gasteiger partial charge in [-0.15, -0.1) is 23.2 Å². The van der Waals surface area contributed by atoms with Crippen LogP contribution in [0.5, 0.6) is 0 Å². The smallest absolute Gasteiger partial charge is 0.326 e. The van der Waals surface area contributed by atoms with Crippen LogP contribution in [0, 0.1) is 0 Å². The lowest BCUT2D eigenvalue weighted by Crippen LogP contribution is -2.53. The zero-order chi connectivity index (χ0) is 48.6. The number of nitrogens with one attached hydrogen (secondary N) is 6. The molecule has 23 heteroatoms. The number of carbonyl (C=O) groups excluding carboxylic acids is 7. The second kappa shape index (κ2) is 28.9. The molecule has 20 nitrogen and oxygen atoms in total. The molecule has 8 N–H and O–H groups in total. The first kappa shape index (κ1) is 59.2. The van der Waals surface area contributed by atoms with Crippen LogP contribution in [0.2, 0.25) is 0 Å². The second-order valence-electron chi connectivity index (χ2n) is 17.4. The van der Waals surface area contributed by atoms with Crippen molar-refractivity contribution in [2.75, 3.05) is 56.5 Å². The van der Waals surface area contributed by atoms with E-state index in [9.17, 15) is 53.4 Å². The van der Waals surface area contributed by atoms with Crippen molar-refractivity contribution < 1.29 is 62.8 Å². The van der Waals surface area contributed by atoms with Gasteiger partial charge in [0.05, 0.1) is 29.4 Å². The molecular formula is C40H68BrCl2N7O13. The van der Waals surface area contributed by atoms with E-state index in [1.165, 1.54) is 4.90 Å². The molecule has 0 bridgehead atoms. The van der Waals surface area contributed by atoms with Gasteiger partial charge < -0.3 is 56.5 Å². The molecule has 0 fully saturated rings. The number of hydrogen-bond acceptors (Lipinski definition) is 11. The maximum atomic E-state index is 13.6. The number of aliphatic carboxylic acids is 2. The van der Waals surface area contributed by atoms with E-state index >= 15 is 0 Å². The van der Waals surface area contributed by atoms with Crippen LogP contribution in [0.3, 0.4) is 0 Å². The molecule has 362 valence electrons. The minimum atomic E-state index is -1.34. The van der Waals surface area contributed by atoms with Crippen molar-refractivity contribution >= 4 is 92.4 Å². The second-order valence-corrected chi connectivity index (χ2v) is 18.5. The average molecular weight is 1010 g/mol. The highest BCUT2D eigenvalue weighted by atomic mass is 79.9. The highest BCUT2D eigenvalue weighted by Crippen LogP contribution is 2.20. The summed E-state index contributed by atoms with van der Waals surface area (Å²) in [7, 11) is 0. The third kappa shape index (κ3) is 28.6. The first-order valence-electron chi connectivity index (χ1n) is 20.5. The van der Waals surface area contributed by atoms with Crippen molar-refractivity contribution in [2.24, 2.45) is 0 Å². The van der Waals surface area contributed by atoms with Crippen LogP contribution in [0.15, 0.2) is 0 Å². The van der Waals surface area contributed by atoms with Crippen molar-refractivity contribution in [1.82, 2.24) is 36.8 Å². The summed E-state index contributed by atoms with van der Waals surface area (Å²) in [6, 6.07) is -2.61. The Labute approximate surface area is 388 Å². The fraction of sp³-hybridized carbons (Fsp3) is 0.775. The molecule has 2 atom stereocenters. The summed E-state index contributed by atoms with van der Waals surface area (Å²) in [5, 5.41) is 35.1. The lowest BCUT2D eigenvalue weighted by molar-refractivity contribution is -0.143. The van der Waals surface area contributed by atoms with Gasteiger partial charge >= 0.3 is 11.9 Å². The van der Waals surface area contributed by atoms with Crippen LogP contribution in [0.25, 0.3) is 0 Å². The predicted octanol–water partition coefficient (Wildman–Crippen LogP) is 1.56. The molecule has 0 aromatic rings. The number of hydrogen-bond donors (Lipinski definition) is 8. The third-order valence-electron chi connectivity index (χ3n) is 9.23. The van der Waals surface area contributed by atoms with Gasteiger partial charge in [-0.1, -0.05) is 15.9 Å². The van der Waals surface area contributed by atoms with Gasteiger partial charge in [-0.25, -0.2) is 4.79 Å². The molecular weight excluding hydrogens is 937 g/mol. The van der Waals surface area contributed by atoms with E-state index in [4.69, 9.17) is 32.7 Å². The summed E-state index contributed by atoms with van der Waals surface area (Å²) in [5.74, 6) is -6.56. The standard InChI is InChI=1S/C40H68BrCl2N7O13/c1-37(2,48-28(51)11-9-27(36(60)61)47-30(53)22-40(7,8)63-20-14-38(3,4)49-31(54)23-41)13-19-62-39(5,6)21-29(52)46-26(10-12-34(57)58)35(59)50(17-15-44-32(55)24-42)18-16-45-33(56)25-43/h26-27H,9-25H2,1-8H3,(H,44,55)(H,45,56)(H,46,52)(H,47,53)(H,48,51)(H,49,54)(H,57,58)(H,60,61)/t26-,27-/m0/s1. The van der Waals surface area contributed by atoms with Gasteiger partial charge in [0.15, 0.2) is 0 Å². The van der Waals surface area contributed by atoms with Crippen LogP contribution in [-0.2, 0) is 52.6 Å². The van der Waals surface area contributed by atoms with E-state index in [1.54, 1.807) is 41.5 Å². The van der Waals surface area contributed by atoms with E-state index in [1.807, 2.05) is 13.8 Å². The van der Waals surface area contributed by atoms with Crippen molar-refractivity contribution in [3.8, 4) is 0 Å². The zero-order valence-corrected chi connectivity index (χ0v) is 40.7. The summed E-state index contributed by atoms with van der Waals surface area (Å²) < 4.78 is 11.9. The Kier molecular flexibility index (Phi) is 27.2. The Morgan fingerprint density at radius 3 is 1.41 bits per heavy atom. The highest BCUT2D eigenvalue weighted by Gasteiger charge is 2.32. The van der Waals surface area contributed by atoms with Crippen molar-refractivity contribution in [1.29, 1.82) is 0 Å². The van der Waals surface area contributed by atoms with Crippen molar-refractivity contribution in [3.63, 3.8) is 0 Å². The molecule has 0 unspecified atom stereocenters. The molecule has 0 aromatic carbocycles. The summed E-state index contributed by atoms with van der Waals surface area (Å²) in [4.78, 5) is 112. The quantitative estimate of drug-likeness (QED) is 0.0434. The Morgan fingerprint density at radius 2 is 1.02 bits per heavy atom. The molecule has 0 heterocycles. The van der Waals surface area contributed by atoms with E-state index in [2.05, 4.69) is 47.8 Å². The Morgan fingerprint density at radius 1 is 0.603 bits per heavy atom. The molecule has 0 saturated heterocycles. The van der Waals surface area contributed by atoms with E-state index < -0.39 is 88.2 Å². The molecule has 0 saturated carbocycles. The van der Waals surface area contributed by atoms with Gasteiger partial charge in [0.25, 0.3) is 0 Å². The number of ether oxygens (including phenoxy) is 2. The number of halogens is 3. The minimum absolute atomic E-state index is 0.00269. The molecule has 0 radical (unpaired) electrons. The summed E-state index contributed by atoms with van der Waals surface area (Å²) in [5.41, 5.74) is -3.43. The predicted molar refractivity (Wildman–Crippen MR) is 238 cm³/mol. The number of carboxylic acid groups (broad SMARTS) is 2. The Balaban J connectivity index is 5.28. The topological polar surface area (TPSA) is 288 Å². The average Bonchev–Trinajstić information content (AvgIpc) is 3.15. The van der Waals surface area contributed by atoms with Gasteiger partial charge in [0, 0.05) is 63.3 Å². The molecule has 0 rings (SSSR count). The van der Waals surface area contributed by atoms with Crippen LogP contribution >= 0.6 is 39.1 Å². The molecule has 63 heavy (non-hydrogen) atoms. The maximum Gasteiger partial charge on any atom is 0.326 e. The summed E-state index contributed by atoms with van der Waals surface area (Å²) in [6.45, 7) is 14.0. The van der Waals surface area contributed by atoms with Gasteiger partial charge in [-0.3, -0.25) is 38.4 Å². The first-order valence-corrected chi connectivity index (χ1v) is 22.7. The summed E-state index contributed by atoms with van der Waals surface area (Å²) in [6.07, 6.45) is -0.758. The first-order chi connectivity index (χ1) is 29.1. The normalized spacial score (nSPS) is 12.9. The SMILES string of the molecule is CC(C)(CCOC(C)(C)CC(=O)N[C@@H](CCC(=O)NC(C)(C)CCOC(C)(C)CC(=O)N[C@@H](CCC(=O)O)C(=O)N(CCNC(=O)CCl)CCNC(=O)CCl)C(=O)O)NC(=O)CBr. The summed E-state index contributed by atoms with van der Waals surface area (Å²) >= 11 is 14.2. The molecule has 7 amide bonds. The lowest BCUT2D eigenvalue weighted by atomic mass is 9.99. The molecule has 0 aliphatic rings. The number of amides is 7. The van der Waals surface area contributed by atoms with Gasteiger partial charge in [0.2, 0.25) is 41.4 Å². The van der Waals surface area contributed by atoms with Gasteiger partial charge in [-0.05, 0) is 81.1 Å². The minimum Gasteiger partial charge on any atom is -0.481 e. The van der Waals surface area contributed by atoms with Crippen LogP contribution < -0.4 is 31.9 Å². The number of carbonyl (C=O) groups is 9. The lowest BCUT2D eigenvalue weighted by Gasteiger charge is -2.31. The van der Waals surface area contributed by atoms with Gasteiger partial charge in [0.1, 0.15) is 23.8 Å². The maximum absolute atomic E-state index is 13.6. The number of rotatable bonds is 33. The van der Waals surface area contributed by atoms with Gasteiger partial charge in [-0.2, -0.15) is 0 Å². The van der Waals surface area contributed by atoms with Crippen molar-refractivity contribution in [3.05, 3.63) is 0 Å². The fourth-order valence-electron chi connectivity index (χ4n) is 5.87. The molecule has 0 aliphatic heterocycles.